The molecule has 0 spiro atoms. The summed E-state index contributed by atoms with van der Waals surface area (Å²) in [4.78, 5) is 10.7. The van der Waals surface area contributed by atoms with Crippen molar-refractivity contribution in [2.24, 2.45) is 0 Å². The number of hydrogen-bond donors (Lipinski definition) is 0. The molecule has 5 nitrogen and oxygen atoms in total. The summed E-state index contributed by atoms with van der Waals surface area (Å²) in [6.07, 6.45) is 0.709. The SMILES string of the molecule is COCOC1Oc2cccc(C=O)c2O1. The fourth-order valence-corrected chi connectivity index (χ4v) is 1.26. The van der Waals surface area contributed by atoms with Crippen molar-refractivity contribution in [3.8, 4) is 11.5 Å². The summed E-state index contributed by atoms with van der Waals surface area (Å²) in [5, 5.41) is 0. The second-order valence-electron chi connectivity index (χ2n) is 2.89. The first-order valence-corrected chi connectivity index (χ1v) is 4.37. The van der Waals surface area contributed by atoms with Crippen molar-refractivity contribution in [3.05, 3.63) is 23.8 Å². The van der Waals surface area contributed by atoms with Gasteiger partial charge >= 0.3 is 6.48 Å². The lowest BCUT2D eigenvalue weighted by atomic mass is 10.2. The van der Waals surface area contributed by atoms with E-state index in [9.17, 15) is 4.79 Å². The molecular formula is C10H10O5. The molecule has 1 aromatic rings. The second-order valence-corrected chi connectivity index (χ2v) is 2.89. The van der Waals surface area contributed by atoms with Gasteiger partial charge in [0.05, 0.1) is 5.56 Å². The summed E-state index contributed by atoms with van der Waals surface area (Å²) in [5.74, 6) is 0.911. The highest BCUT2D eigenvalue weighted by Gasteiger charge is 2.26. The number of para-hydroxylation sites is 1. The van der Waals surface area contributed by atoms with Crippen LogP contribution in [0.3, 0.4) is 0 Å². The van der Waals surface area contributed by atoms with Gasteiger partial charge in [-0.25, -0.2) is 0 Å². The van der Waals surface area contributed by atoms with E-state index in [1.807, 2.05) is 0 Å². The van der Waals surface area contributed by atoms with Gasteiger partial charge in [-0.3, -0.25) is 9.53 Å². The average Bonchev–Trinajstić information content (AvgIpc) is 2.68. The molecule has 1 aliphatic heterocycles. The minimum Gasteiger partial charge on any atom is -0.428 e. The van der Waals surface area contributed by atoms with Gasteiger partial charge in [0, 0.05) is 7.11 Å². The molecule has 0 aromatic heterocycles. The topological polar surface area (TPSA) is 54.0 Å². The van der Waals surface area contributed by atoms with E-state index in [4.69, 9.17) is 18.9 Å². The van der Waals surface area contributed by atoms with Gasteiger partial charge in [-0.1, -0.05) is 6.07 Å². The van der Waals surface area contributed by atoms with E-state index in [0.717, 1.165) is 0 Å². The molecule has 1 aliphatic rings. The van der Waals surface area contributed by atoms with E-state index in [1.54, 1.807) is 18.2 Å². The van der Waals surface area contributed by atoms with Crippen molar-refractivity contribution in [2.75, 3.05) is 13.9 Å². The monoisotopic (exact) mass is 210 g/mol. The molecule has 0 radical (unpaired) electrons. The normalized spacial score (nSPS) is 17.8. The van der Waals surface area contributed by atoms with Crippen molar-refractivity contribution < 1.29 is 23.7 Å². The molecule has 1 heterocycles. The summed E-state index contributed by atoms with van der Waals surface area (Å²) in [6.45, 7) is -0.782. The van der Waals surface area contributed by atoms with Crippen LogP contribution in [0.25, 0.3) is 0 Å². The highest BCUT2D eigenvalue weighted by atomic mass is 16.9. The number of carbonyl (C=O) groups excluding carboxylic acids is 1. The lowest BCUT2D eigenvalue weighted by molar-refractivity contribution is -0.218. The number of aldehydes is 1. The van der Waals surface area contributed by atoms with Crippen LogP contribution < -0.4 is 9.47 Å². The van der Waals surface area contributed by atoms with Crippen LogP contribution in [0.5, 0.6) is 11.5 Å². The van der Waals surface area contributed by atoms with Crippen LogP contribution in [0.15, 0.2) is 18.2 Å². The zero-order valence-electron chi connectivity index (χ0n) is 8.14. The first kappa shape index (κ1) is 9.95. The first-order chi connectivity index (χ1) is 7.35. The summed E-state index contributed by atoms with van der Waals surface area (Å²) >= 11 is 0. The Hall–Kier alpha value is -1.59. The van der Waals surface area contributed by atoms with E-state index in [0.29, 0.717) is 23.3 Å². The zero-order chi connectivity index (χ0) is 10.7. The third kappa shape index (κ3) is 1.93. The van der Waals surface area contributed by atoms with E-state index >= 15 is 0 Å². The van der Waals surface area contributed by atoms with Gasteiger partial charge in [0.1, 0.15) is 0 Å². The lowest BCUT2D eigenvalue weighted by Gasteiger charge is -2.09. The molecule has 0 fully saturated rings. The molecular weight excluding hydrogens is 200 g/mol. The van der Waals surface area contributed by atoms with Gasteiger partial charge in [0.2, 0.25) is 0 Å². The minimum absolute atomic E-state index is 0.0646. The van der Waals surface area contributed by atoms with E-state index in [1.165, 1.54) is 7.11 Å². The molecule has 5 heteroatoms. The minimum atomic E-state index is -0.846. The Morgan fingerprint density at radius 2 is 2.33 bits per heavy atom. The zero-order valence-corrected chi connectivity index (χ0v) is 8.14. The van der Waals surface area contributed by atoms with Crippen LogP contribution in [-0.4, -0.2) is 26.7 Å². The van der Waals surface area contributed by atoms with Crippen LogP contribution in [0.4, 0.5) is 0 Å². The van der Waals surface area contributed by atoms with Crippen LogP contribution in [0, 0.1) is 0 Å². The smallest absolute Gasteiger partial charge is 0.363 e. The molecule has 0 bridgehead atoms. The molecule has 0 saturated carbocycles. The summed E-state index contributed by atoms with van der Waals surface area (Å²) < 4.78 is 20.3. The molecule has 1 unspecified atom stereocenters. The molecule has 2 rings (SSSR count). The maximum atomic E-state index is 10.7. The molecule has 0 N–H and O–H groups in total. The third-order valence-electron chi connectivity index (χ3n) is 1.90. The Bertz CT molecular complexity index is 363. The molecule has 15 heavy (non-hydrogen) atoms. The van der Waals surface area contributed by atoms with Gasteiger partial charge in [0.15, 0.2) is 24.6 Å². The molecule has 0 saturated heterocycles. The van der Waals surface area contributed by atoms with E-state index in [2.05, 4.69) is 0 Å². The maximum Gasteiger partial charge on any atom is 0.363 e. The van der Waals surface area contributed by atoms with Gasteiger partial charge in [-0.05, 0) is 12.1 Å². The summed E-state index contributed by atoms with van der Waals surface area (Å²) in [7, 11) is 1.50. The van der Waals surface area contributed by atoms with Gasteiger partial charge < -0.3 is 14.2 Å². The number of hydrogen-bond acceptors (Lipinski definition) is 5. The van der Waals surface area contributed by atoms with Crippen molar-refractivity contribution in [1.82, 2.24) is 0 Å². The van der Waals surface area contributed by atoms with Gasteiger partial charge in [-0.2, -0.15) is 0 Å². The standard InChI is InChI=1S/C10H10O5/c1-12-6-13-10-14-8-4-2-3-7(5-11)9(8)15-10/h2-5,10H,6H2,1H3. The van der Waals surface area contributed by atoms with Crippen LogP contribution in [0.1, 0.15) is 10.4 Å². The summed E-state index contributed by atoms with van der Waals surface area (Å²) in [5.41, 5.74) is 0.441. The van der Waals surface area contributed by atoms with Crippen molar-refractivity contribution >= 4 is 6.29 Å². The highest BCUT2D eigenvalue weighted by Crippen LogP contribution is 2.37. The fraction of sp³-hybridized carbons (Fsp3) is 0.300. The quantitative estimate of drug-likeness (QED) is 0.551. The van der Waals surface area contributed by atoms with Crippen molar-refractivity contribution in [1.29, 1.82) is 0 Å². The lowest BCUT2D eigenvalue weighted by Crippen LogP contribution is -2.23. The Morgan fingerprint density at radius 3 is 3.07 bits per heavy atom. The number of benzene rings is 1. The van der Waals surface area contributed by atoms with Gasteiger partial charge in [-0.15, -0.1) is 0 Å². The molecule has 1 atom stereocenters. The Balaban J connectivity index is 2.12. The molecule has 80 valence electrons. The molecule has 0 amide bonds. The van der Waals surface area contributed by atoms with Crippen LogP contribution >= 0.6 is 0 Å². The number of methoxy groups -OCH3 is 1. The van der Waals surface area contributed by atoms with E-state index < -0.39 is 6.48 Å². The summed E-state index contributed by atoms with van der Waals surface area (Å²) in [6, 6.07) is 5.07. The second kappa shape index (κ2) is 4.29. The highest BCUT2D eigenvalue weighted by molar-refractivity contribution is 5.81. The van der Waals surface area contributed by atoms with Crippen molar-refractivity contribution in [2.45, 2.75) is 6.48 Å². The predicted molar refractivity (Wildman–Crippen MR) is 49.8 cm³/mol. The molecule has 0 aliphatic carbocycles. The van der Waals surface area contributed by atoms with Crippen LogP contribution in [-0.2, 0) is 9.47 Å². The third-order valence-corrected chi connectivity index (χ3v) is 1.90. The number of rotatable bonds is 4. The largest absolute Gasteiger partial charge is 0.428 e. The Labute approximate surface area is 86.5 Å². The average molecular weight is 210 g/mol. The van der Waals surface area contributed by atoms with Crippen molar-refractivity contribution in [3.63, 3.8) is 0 Å². The Kier molecular flexibility index (Phi) is 2.84. The van der Waals surface area contributed by atoms with E-state index in [-0.39, 0.29) is 6.79 Å². The maximum absolute atomic E-state index is 10.7. The first-order valence-electron chi connectivity index (χ1n) is 4.37. The number of ether oxygens (including phenoxy) is 4. The van der Waals surface area contributed by atoms with Gasteiger partial charge in [0.25, 0.3) is 0 Å². The predicted octanol–water partition coefficient (Wildman–Crippen LogP) is 1.17. The van der Waals surface area contributed by atoms with Crippen LogP contribution in [0.2, 0.25) is 0 Å². The fourth-order valence-electron chi connectivity index (χ4n) is 1.26. The number of fused-ring (bicyclic) bond motifs is 1. The Morgan fingerprint density at radius 1 is 1.47 bits per heavy atom. The molecule has 1 aromatic carbocycles. The number of carbonyl (C=O) groups is 1.